The van der Waals surface area contributed by atoms with E-state index < -0.39 is 0 Å². The van der Waals surface area contributed by atoms with Crippen molar-refractivity contribution in [2.45, 2.75) is 27.3 Å². The predicted octanol–water partition coefficient (Wildman–Crippen LogP) is 4.67. The molecule has 0 bridgehead atoms. The molecule has 0 aliphatic carbocycles. The van der Waals surface area contributed by atoms with Crippen molar-refractivity contribution < 1.29 is 9.13 Å². The summed E-state index contributed by atoms with van der Waals surface area (Å²) in [4.78, 5) is 0. The second-order valence-electron chi connectivity index (χ2n) is 5.67. The number of hydrogen-bond donors (Lipinski definition) is 1. The van der Waals surface area contributed by atoms with Crippen LogP contribution in [0.5, 0.6) is 11.5 Å². The van der Waals surface area contributed by atoms with Gasteiger partial charge in [-0.2, -0.15) is 0 Å². The highest BCUT2D eigenvalue weighted by Gasteiger charge is 2.03. The molecule has 0 radical (unpaired) electrons. The Labute approximate surface area is 126 Å². The second-order valence-corrected chi connectivity index (χ2v) is 5.67. The predicted molar refractivity (Wildman–Crippen MR) is 84.2 cm³/mol. The largest absolute Gasteiger partial charge is 0.457 e. The van der Waals surface area contributed by atoms with Crippen LogP contribution in [0, 0.1) is 18.7 Å². The zero-order valence-electron chi connectivity index (χ0n) is 12.8. The molecule has 21 heavy (non-hydrogen) atoms. The van der Waals surface area contributed by atoms with Gasteiger partial charge < -0.3 is 10.1 Å². The van der Waals surface area contributed by atoms with E-state index in [1.54, 1.807) is 12.1 Å². The van der Waals surface area contributed by atoms with Gasteiger partial charge in [-0.25, -0.2) is 4.39 Å². The Bertz CT molecular complexity index is 578. The molecule has 0 atom stereocenters. The van der Waals surface area contributed by atoms with E-state index in [0.29, 0.717) is 11.7 Å². The van der Waals surface area contributed by atoms with Crippen molar-refractivity contribution in [3.05, 3.63) is 59.4 Å². The van der Waals surface area contributed by atoms with Gasteiger partial charge in [-0.3, -0.25) is 0 Å². The highest BCUT2D eigenvalue weighted by molar-refractivity contribution is 5.37. The summed E-state index contributed by atoms with van der Waals surface area (Å²) in [6, 6.07) is 12.1. The number of ether oxygens (including phenoxy) is 1. The Morgan fingerprint density at radius 1 is 1.05 bits per heavy atom. The molecule has 0 spiro atoms. The minimum Gasteiger partial charge on any atom is -0.457 e. The first-order chi connectivity index (χ1) is 10.0. The normalized spacial score (nSPS) is 10.9. The van der Waals surface area contributed by atoms with E-state index in [1.165, 1.54) is 23.3 Å². The molecule has 0 aromatic heterocycles. The molecule has 2 rings (SSSR count). The molecule has 1 N–H and O–H groups in total. The molecule has 0 heterocycles. The summed E-state index contributed by atoms with van der Waals surface area (Å²) >= 11 is 0. The Hall–Kier alpha value is -1.87. The van der Waals surface area contributed by atoms with Crippen LogP contribution in [0.1, 0.15) is 25.0 Å². The van der Waals surface area contributed by atoms with Crippen LogP contribution in [0.25, 0.3) is 0 Å². The van der Waals surface area contributed by atoms with Gasteiger partial charge in [-0.05, 0) is 66.9 Å². The van der Waals surface area contributed by atoms with Crippen molar-refractivity contribution in [2.75, 3.05) is 6.54 Å². The lowest BCUT2D eigenvalue weighted by Crippen LogP contribution is -2.19. The van der Waals surface area contributed by atoms with Gasteiger partial charge in [0.05, 0.1) is 0 Å². The number of halogens is 1. The van der Waals surface area contributed by atoms with Crippen molar-refractivity contribution in [2.24, 2.45) is 5.92 Å². The van der Waals surface area contributed by atoms with Gasteiger partial charge >= 0.3 is 0 Å². The van der Waals surface area contributed by atoms with Crippen molar-refractivity contribution in [3.8, 4) is 11.5 Å². The number of benzene rings is 2. The fraction of sp³-hybridized carbons (Fsp3) is 0.333. The molecule has 0 fully saturated rings. The standard InChI is InChI=1S/C18H22FNO/c1-13(2)11-20-12-15-4-7-18(10-14(15)3)21-17-8-5-16(19)6-9-17/h4-10,13,20H,11-12H2,1-3H3. The number of aryl methyl sites for hydroxylation is 1. The molecule has 0 unspecified atom stereocenters. The topological polar surface area (TPSA) is 21.3 Å². The number of rotatable bonds is 6. The molecule has 0 saturated heterocycles. The first-order valence-electron chi connectivity index (χ1n) is 7.28. The minimum absolute atomic E-state index is 0.259. The fourth-order valence-electron chi connectivity index (χ4n) is 2.06. The molecule has 112 valence electrons. The molecule has 2 nitrogen and oxygen atoms in total. The zero-order valence-corrected chi connectivity index (χ0v) is 12.8. The Kier molecular flexibility index (Phi) is 5.34. The van der Waals surface area contributed by atoms with E-state index in [0.717, 1.165) is 18.8 Å². The van der Waals surface area contributed by atoms with Crippen LogP contribution in [-0.4, -0.2) is 6.54 Å². The van der Waals surface area contributed by atoms with Crippen LogP contribution >= 0.6 is 0 Å². The SMILES string of the molecule is Cc1cc(Oc2ccc(F)cc2)ccc1CNCC(C)C. The lowest BCUT2D eigenvalue weighted by molar-refractivity contribution is 0.479. The summed E-state index contributed by atoms with van der Waals surface area (Å²) in [5, 5.41) is 3.43. The van der Waals surface area contributed by atoms with Crippen LogP contribution in [0.3, 0.4) is 0 Å². The van der Waals surface area contributed by atoms with Gasteiger partial charge in [0.1, 0.15) is 17.3 Å². The summed E-state index contributed by atoms with van der Waals surface area (Å²) in [7, 11) is 0. The lowest BCUT2D eigenvalue weighted by Gasteiger charge is -2.12. The van der Waals surface area contributed by atoms with Crippen molar-refractivity contribution in [1.82, 2.24) is 5.32 Å². The maximum Gasteiger partial charge on any atom is 0.127 e. The third kappa shape index (κ3) is 4.87. The minimum atomic E-state index is -0.259. The average Bonchev–Trinajstić information content (AvgIpc) is 2.43. The van der Waals surface area contributed by atoms with Crippen molar-refractivity contribution in [1.29, 1.82) is 0 Å². The van der Waals surface area contributed by atoms with Crippen LogP contribution < -0.4 is 10.1 Å². The molecular formula is C18H22FNO. The summed E-state index contributed by atoms with van der Waals surface area (Å²) in [5.41, 5.74) is 2.45. The quantitative estimate of drug-likeness (QED) is 0.833. The molecular weight excluding hydrogens is 265 g/mol. The van der Waals surface area contributed by atoms with E-state index in [9.17, 15) is 4.39 Å². The third-order valence-electron chi connectivity index (χ3n) is 3.23. The summed E-state index contributed by atoms with van der Waals surface area (Å²) in [6.45, 7) is 8.33. The van der Waals surface area contributed by atoms with Crippen LogP contribution in [0.4, 0.5) is 4.39 Å². The van der Waals surface area contributed by atoms with E-state index >= 15 is 0 Å². The van der Waals surface area contributed by atoms with Gasteiger partial charge in [-0.1, -0.05) is 19.9 Å². The zero-order chi connectivity index (χ0) is 15.2. The first kappa shape index (κ1) is 15.5. The number of hydrogen-bond acceptors (Lipinski definition) is 2. The summed E-state index contributed by atoms with van der Waals surface area (Å²) in [6.07, 6.45) is 0. The van der Waals surface area contributed by atoms with Crippen LogP contribution in [0.15, 0.2) is 42.5 Å². The Morgan fingerprint density at radius 2 is 1.71 bits per heavy atom. The molecule has 2 aromatic rings. The van der Waals surface area contributed by atoms with Gasteiger partial charge in [0.15, 0.2) is 0 Å². The maximum absolute atomic E-state index is 12.9. The highest BCUT2D eigenvalue weighted by Crippen LogP contribution is 2.24. The number of nitrogens with one attached hydrogen (secondary N) is 1. The van der Waals surface area contributed by atoms with Gasteiger partial charge in [0.2, 0.25) is 0 Å². The van der Waals surface area contributed by atoms with Gasteiger partial charge in [0.25, 0.3) is 0 Å². The van der Waals surface area contributed by atoms with E-state index in [1.807, 2.05) is 12.1 Å². The molecule has 2 aromatic carbocycles. The second kappa shape index (κ2) is 7.23. The van der Waals surface area contributed by atoms with Gasteiger partial charge in [-0.15, -0.1) is 0 Å². The lowest BCUT2D eigenvalue weighted by atomic mass is 10.1. The molecule has 0 amide bonds. The fourth-order valence-corrected chi connectivity index (χ4v) is 2.06. The Balaban J connectivity index is 1.99. The van der Waals surface area contributed by atoms with Crippen molar-refractivity contribution in [3.63, 3.8) is 0 Å². The van der Waals surface area contributed by atoms with Crippen LogP contribution in [0.2, 0.25) is 0 Å². The molecule has 3 heteroatoms. The first-order valence-corrected chi connectivity index (χ1v) is 7.28. The maximum atomic E-state index is 12.9. The van der Waals surface area contributed by atoms with Crippen LogP contribution in [-0.2, 0) is 6.54 Å². The average molecular weight is 287 g/mol. The summed E-state index contributed by atoms with van der Waals surface area (Å²) in [5.74, 6) is 1.80. The van der Waals surface area contributed by atoms with Crippen molar-refractivity contribution >= 4 is 0 Å². The Morgan fingerprint density at radius 3 is 2.33 bits per heavy atom. The molecule has 0 aliphatic rings. The smallest absolute Gasteiger partial charge is 0.127 e. The van der Waals surface area contributed by atoms with E-state index in [2.05, 4.69) is 32.2 Å². The van der Waals surface area contributed by atoms with Gasteiger partial charge in [0, 0.05) is 6.54 Å². The monoisotopic (exact) mass is 287 g/mol. The molecule has 0 saturated carbocycles. The molecule has 0 aliphatic heterocycles. The summed E-state index contributed by atoms with van der Waals surface area (Å²) < 4.78 is 18.6. The van der Waals surface area contributed by atoms with E-state index in [4.69, 9.17) is 4.74 Å². The third-order valence-corrected chi connectivity index (χ3v) is 3.23. The van der Waals surface area contributed by atoms with E-state index in [-0.39, 0.29) is 5.82 Å². The highest BCUT2D eigenvalue weighted by atomic mass is 19.1.